The molecule has 25 heavy (non-hydrogen) atoms. The maximum Gasteiger partial charge on any atom is 0.246 e. The van der Waals surface area contributed by atoms with E-state index in [2.05, 4.69) is 4.98 Å². The number of piperazine rings is 1. The molecule has 0 bridgehead atoms. The van der Waals surface area contributed by atoms with Crippen molar-refractivity contribution in [1.82, 2.24) is 9.88 Å². The number of benzene rings is 1. The molecule has 1 aromatic heterocycles. The molecule has 5 nitrogen and oxygen atoms in total. The lowest BCUT2D eigenvalue weighted by molar-refractivity contribution is -0.139. The minimum atomic E-state index is -0.0292. The van der Waals surface area contributed by atoms with E-state index in [1.165, 1.54) is 0 Å². The topological polar surface area (TPSA) is 53.5 Å². The molecule has 0 N–H and O–H groups in total. The Kier molecular flexibility index (Phi) is 5.12. The minimum Gasteiger partial charge on any atom is -0.329 e. The summed E-state index contributed by atoms with van der Waals surface area (Å²) in [7, 11) is 0. The second-order valence-corrected chi connectivity index (χ2v) is 6.58. The van der Waals surface area contributed by atoms with E-state index in [0.29, 0.717) is 19.4 Å². The van der Waals surface area contributed by atoms with Crippen molar-refractivity contribution >= 4 is 17.5 Å². The molecule has 2 aromatic rings. The monoisotopic (exact) mass is 337 g/mol. The van der Waals surface area contributed by atoms with Crippen LogP contribution in [0.2, 0.25) is 0 Å². The van der Waals surface area contributed by atoms with Crippen molar-refractivity contribution in [2.45, 2.75) is 32.7 Å². The number of anilines is 1. The van der Waals surface area contributed by atoms with Gasteiger partial charge in [-0.15, -0.1) is 0 Å². The van der Waals surface area contributed by atoms with Gasteiger partial charge in [-0.3, -0.25) is 14.6 Å². The smallest absolute Gasteiger partial charge is 0.246 e. The van der Waals surface area contributed by atoms with Crippen LogP contribution in [0, 0.1) is 6.92 Å². The number of carbonyl (C=O) groups excluding carboxylic acids is 2. The Hall–Kier alpha value is -2.69. The first-order valence-corrected chi connectivity index (χ1v) is 8.60. The molecule has 0 unspecified atom stereocenters. The highest BCUT2D eigenvalue weighted by molar-refractivity contribution is 5.98. The third kappa shape index (κ3) is 4.05. The molecule has 0 spiro atoms. The van der Waals surface area contributed by atoms with Crippen molar-refractivity contribution in [3.63, 3.8) is 0 Å². The first kappa shape index (κ1) is 17.1. The standard InChI is InChI=1S/C20H23N3O2/c1-15-5-3-7-18(11-15)23-13-16(2)22(14-20(23)25)19(24)9-8-17-6-4-10-21-12-17/h3-7,10-12,16H,8-9,13-14H2,1-2H3/t16-/m0/s1. The van der Waals surface area contributed by atoms with Crippen LogP contribution in [0.1, 0.15) is 24.5 Å². The Balaban J connectivity index is 1.63. The fraction of sp³-hybridized carbons (Fsp3) is 0.350. The Morgan fingerprint density at radius 2 is 2.12 bits per heavy atom. The highest BCUT2D eigenvalue weighted by atomic mass is 16.2. The lowest BCUT2D eigenvalue weighted by atomic mass is 10.1. The quantitative estimate of drug-likeness (QED) is 0.862. The van der Waals surface area contributed by atoms with E-state index in [4.69, 9.17) is 0 Å². The van der Waals surface area contributed by atoms with E-state index >= 15 is 0 Å². The first-order chi connectivity index (χ1) is 12.0. The zero-order chi connectivity index (χ0) is 17.8. The second kappa shape index (κ2) is 7.47. The molecule has 1 saturated heterocycles. The molecule has 0 saturated carbocycles. The van der Waals surface area contributed by atoms with Gasteiger partial charge in [-0.05, 0) is 49.6 Å². The summed E-state index contributed by atoms with van der Waals surface area (Å²) in [5, 5.41) is 0. The summed E-state index contributed by atoms with van der Waals surface area (Å²) in [5.74, 6) is -0.00739. The number of amides is 2. The van der Waals surface area contributed by atoms with Gasteiger partial charge in [0.1, 0.15) is 6.54 Å². The van der Waals surface area contributed by atoms with Gasteiger partial charge < -0.3 is 9.80 Å². The Labute approximate surface area is 148 Å². The molecular formula is C20H23N3O2. The molecule has 1 atom stereocenters. The maximum absolute atomic E-state index is 12.6. The van der Waals surface area contributed by atoms with Crippen LogP contribution in [0.4, 0.5) is 5.69 Å². The van der Waals surface area contributed by atoms with Crippen LogP contribution in [0.5, 0.6) is 0 Å². The molecule has 2 amide bonds. The summed E-state index contributed by atoms with van der Waals surface area (Å²) >= 11 is 0. The SMILES string of the molecule is Cc1cccc(N2C[C@H](C)N(C(=O)CCc3cccnc3)CC2=O)c1. The molecule has 130 valence electrons. The third-order valence-corrected chi connectivity index (χ3v) is 4.57. The lowest BCUT2D eigenvalue weighted by Crippen LogP contribution is -2.57. The molecule has 0 radical (unpaired) electrons. The van der Waals surface area contributed by atoms with Gasteiger partial charge in [-0.1, -0.05) is 18.2 Å². The van der Waals surface area contributed by atoms with Gasteiger partial charge in [-0.25, -0.2) is 0 Å². The molecule has 2 heterocycles. The van der Waals surface area contributed by atoms with Gasteiger partial charge in [0.15, 0.2) is 0 Å². The van der Waals surface area contributed by atoms with Crippen LogP contribution < -0.4 is 4.90 Å². The lowest BCUT2D eigenvalue weighted by Gasteiger charge is -2.39. The normalized spacial score (nSPS) is 17.7. The fourth-order valence-electron chi connectivity index (χ4n) is 3.17. The van der Waals surface area contributed by atoms with Gasteiger partial charge in [-0.2, -0.15) is 0 Å². The van der Waals surface area contributed by atoms with Crippen LogP contribution in [-0.4, -0.2) is 40.8 Å². The number of hydrogen-bond donors (Lipinski definition) is 0. The van der Waals surface area contributed by atoms with Gasteiger partial charge >= 0.3 is 0 Å². The minimum absolute atomic E-state index is 0.000361. The fourth-order valence-corrected chi connectivity index (χ4v) is 3.17. The number of nitrogens with zero attached hydrogens (tertiary/aromatic N) is 3. The Bertz CT molecular complexity index is 761. The maximum atomic E-state index is 12.6. The average molecular weight is 337 g/mol. The molecule has 1 aliphatic heterocycles. The predicted octanol–water partition coefficient (Wildman–Crippen LogP) is 2.59. The summed E-state index contributed by atoms with van der Waals surface area (Å²) in [5.41, 5.74) is 3.06. The summed E-state index contributed by atoms with van der Waals surface area (Å²) in [6.07, 6.45) is 4.54. The van der Waals surface area contributed by atoms with Gasteiger partial charge in [0, 0.05) is 37.1 Å². The Morgan fingerprint density at radius 3 is 2.84 bits per heavy atom. The van der Waals surface area contributed by atoms with E-state index in [1.54, 1.807) is 22.2 Å². The zero-order valence-corrected chi connectivity index (χ0v) is 14.7. The number of aryl methyl sites for hydroxylation is 2. The van der Waals surface area contributed by atoms with Crippen molar-refractivity contribution in [3.05, 3.63) is 59.9 Å². The molecule has 3 rings (SSSR count). The van der Waals surface area contributed by atoms with E-state index in [1.807, 2.05) is 50.2 Å². The summed E-state index contributed by atoms with van der Waals surface area (Å²) in [6, 6.07) is 11.7. The van der Waals surface area contributed by atoms with Crippen molar-refractivity contribution in [3.8, 4) is 0 Å². The molecule has 0 aliphatic carbocycles. The average Bonchev–Trinajstić information content (AvgIpc) is 2.62. The zero-order valence-electron chi connectivity index (χ0n) is 14.7. The Morgan fingerprint density at radius 1 is 1.28 bits per heavy atom. The molecule has 1 aromatic carbocycles. The van der Waals surface area contributed by atoms with E-state index in [0.717, 1.165) is 16.8 Å². The highest BCUT2D eigenvalue weighted by Crippen LogP contribution is 2.22. The number of rotatable bonds is 4. The predicted molar refractivity (Wildman–Crippen MR) is 97.3 cm³/mol. The second-order valence-electron chi connectivity index (χ2n) is 6.58. The van der Waals surface area contributed by atoms with Crippen molar-refractivity contribution in [2.75, 3.05) is 18.0 Å². The highest BCUT2D eigenvalue weighted by Gasteiger charge is 2.32. The van der Waals surface area contributed by atoms with Crippen LogP contribution in [0.25, 0.3) is 0 Å². The van der Waals surface area contributed by atoms with E-state index in [9.17, 15) is 9.59 Å². The number of hydrogen-bond acceptors (Lipinski definition) is 3. The van der Waals surface area contributed by atoms with Crippen LogP contribution in [0.15, 0.2) is 48.8 Å². The van der Waals surface area contributed by atoms with Crippen LogP contribution in [0.3, 0.4) is 0 Å². The summed E-state index contributed by atoms with van der Waals surface area (Å²) in [4.78, 5) is 32.7. The summed E-state index contributed by atoms with van der Waals surface area (Å²) in [6.45, 7) is 4.68. The molecule has 1 fully saturated rings. The van der Waals surface area contributed by atoms with Gasteiger partial charge in [0.05, 0.1) is 0 Å². The summed E-state index contributed by atoms with van der Waals surface area (Å²) < 4.78 is 0. The molecule has 1 aliphatic rings. The van der Waals surface area contributed by atoms with Crippen molar-refractivity contribution in [2.24, 2.45) is 0 Å². The number of aromatic nitrogens is 1. The van der Waals surface area contributed by atoms with Crippen molar-refractivity contribution in [1.29, 1.82) is 0 Å². The molecular weight excluding hydrogens is 314 g/mol. The van der Waals surface area contributed by atoms with Gasteiger partial charge in [0.25, 0.3) is 0 Å². The number of carbonyl (C=O) groups is 2. The first-order valence-electron chi connectivity index (χ1n) is 8.60. The molecule has 5 heteroatoms. The van der Waals surface area contributed by atoms with Crippen molar-refractivity contribution < 1.29 is 9.59 Å². The van der Waals surface area contributed by atoms with E-state index in [-0.39, 0.29) is 24.4 Å². The van der Waals surface area contributed by atoms with Crippen LogP contribution >= 0.6 is 0 Å². The third-order valence-electron chi connectivity index (χ3n) is 4.57. The number of pyridine rings is 1. The van der Waals surface area contributed by atoms with Crippen LogP contribution in [-0.2, 0) is 16.0 Å². The van der Waals surface area contributed by atoms with Gasteiger partial charge in [0.2, 0.25) is 11.8 Å². The largest absolute Gasteiger partial charge is 0.329 e. The van der Waals surface area contributed by atoms with E-state index < -0.39 is 0 Å².